The number of benzene rings is 1. The fourth-order valence-corrected chi connectivity index (χ4v) is 4.36. The molecule has 0 unspecified atom stereocenters. The number of carbonyl (C=O) groups is 2. The van der Waals surface area contributed by atoms with Crippen molar-refractivity contribution in [3.05, 3.63) is 54.0 Å². The van der Waals surface area contributed by atoms with E-state index in [1.54, 1.807) is 25.6 Å². The summed E-state index contributed by atoms with van der Waals surface area (Å²) in [5, 5.41) is 0. The molecule has 174 valence electrons. The molecule has 1 aromatic carbocycles. The van der Waals surface area contributed by atoms with Gasteiger partial charge in [-0.1, -0.05) is 38.3 Å². The number of imide groups is 1. The topological polar surface area (TPSA) is 78.9 Å². The number of unbranched alkanes of at least 4 members (excludes halogenated alkanes) is 3. The van der Waals surface area contributed by atoms with Crippen LogP contribution >= 0.6 is 0 Å². The molecule has 0 saturated carbocycles. The Bertz CT molecular complexity index is 998. The zero-order chi connectivity index (χ0) is 23.2. The van der Waals surface area contributed by atoms with Crippen LogP contribution in [0.4, 0.5) is 5.95 Å². The van der Waals surface area contributed by atoms with Crippen molar-refractivity contribution in [1.82, 2.24) is 19.8 Å². The van der Waals surface area contributed by atoms with E-state index in [-0.39, 0.29) is 11.8 Å². The van der Waals surface area contributed by atoms with E-state index >= 15 is 0 Å². The summed E-state index contributed by atoms with van der Waals surface area (Å²) in [5.74, 6) is 1.01. The summed E-state index contributed by atoms with van der Waals surface area (Å²) in [6.45, 7) is 5.21. The van der Waals surface area contributed by atoms with Gasteiger partial charge in [-0.05, 0) is 30.2 Å². The molecule has 8 heteroatoms. The molecule has 0 atom stereocenters. The van der Waals surface area contributed by atoms with Crippen LogP contribution in [0.5, 0.6) is 5.75 Å². The van der Waals surface area contributed by atoms with Crippen molar-refractivity contribution in [3.8, 4) is 5.75 Å². The van der Waals surface area contributed by atoms with E-state index in [1.807, 2.05) is 29.2 Å². The smallest absolute Gasteiger partial charge is 0.277 e. The highest BCUT2D eigenvalue weighted by molar-refractivity contribution is 6.35. The van der Waals surface area contributed by atoms with Gasteiger partial charge in [0.2, 0.25) is 5.95 Å². The highest BCUT2D eigenvalue weighted by Crippen LogP contribution is 2.33. The van der Waals surface area contributed by atoms with Crippen LogP contribution < -0.4 is 9.64 Å². The Morgan fingerprint density at radius 1 is 0.879 bits per heavy atom. The minimum absolute atomic E-state index is 0.188. The standard InChI is InChI=1S/C25H31N5O3/c1-3-4-5-6-14-30-23(31)21(19-8-10-20(33-2)11-9-19)22(24(30)32)28-15-17-29(18-16-28)25-26-12-7-13-27-25/h7-13H,3-6,14-18H2,1-2H3. The van der Waals surface area contributed by atoms with Crippen LogP contribution in [0.15, 0.2) is 48.4 Å². The second-order valence-corrected chi connectivity index (χ2v) is 8.30. The van der Waals surface area contributed by atoms with Crippen LogP contribution in [-0.4, -0.2) is 71.4 Å². The second kappa shape index (κ2) is 10.5. The van der Waals surface area contributed by atoms with Crippen molar-refractivity contribution in [3.63, 3.8) is 0 Å². The summed E-state index contributed by atoms with van der Waals surface area (Å²) in [6, 6.07) is 9.16. The van der Waals surface area contributed by atoms with Crippen LogP contribution in [0.25, 0.3) is 5.57 Å². The minimum Gasteiger partial charge on any atom is -0.497 e. The summed E-state index contributed by atoms with van der Waals surface area (Å²) in [5.41, 5.74) is 1.74. The number of carbonyl (C=O) groups excluding carboxylic acids is 2. The largest absolute Gasteiger partial charge is 0.497 e. The summed E-state index contributed by atoms with van der Waals surface area (Å²) in [7, 11) is 1.61. The van der Waals surface area contributed by atoms with Gasteiger partial charge in [-0.25, -0.2) is 9.97 Å². The normalized spacial score (nSPS) is 16.7. The molecule has 0 N–H and O–H groups in total. The lowest BCUT2D eigenvalue weighted by Gasteiger charge is -2.36. The number of amides is 2. The van der Waals surface area contributed by atoms with Crippen LogP contribution in [-0.2, 0) is 9.59 Å². The van der Waals surface area contributed by atoms with E-state index in [2.05, 4.69) is 21.8 Å². The van der Waals surface area contributed by atoms with Crippen LogP contribution in [0.2, 0.25) is 0 Å². The molecule has 0 aliphatic carbocycles. The van der Waals surface area contributed by atoms with Crippen LogP contribution in [0.3, 0.4) is 0 Å². The number of piperazine rings is 1. The fraction of sp³-hybridized carbons (Fsp3) is 0.440. The molecule has 8 nitrogen and oxygen atoms in total. The highest BCUT2D eigenvalue weighted by atomic mass is 16.5. The number of ether oxygens (including phenoxy) is 1. The number of rotatable bonds is 9. The second-order valence-electron chi connectivity index (χ2n) is 8.30. The van der Waals surface area contributed by atoms with Gasteiger partial charge in [0.05, 0.1) is 12.7 Å². The molecule has 1 saturated heterocycles. The third kappa shape index (κ3) is 4.84. The lowest BCUT2D eigenvalue weighted by molar-refractivity contribution is -0.137. The van der Waals surface area contributed by atoms with Crippen molar-refractivity contribution in [2.75, 3.05) is 44.7 Å². The number of methoxy groups -OCH3 is 1. The van der Waals surface area contributed by atoms with E-state index in [0.29, 0.717) is 55.7 Å². The Balaban J connectivity index is 1.58. The predicted molar refractivity (Wildman–Crippen MR) is 127 cm³/mol. The Kier molecular flexibility index (Phi) is 7.22. The van der Waals surface area contributed by atoms with E-state index in [9.17, 15) is 9.59 Å². The van der Waals surface area contributed by atoms with Crippen molar-refractivity contribution >= 4 is 23.3 Å². The Hall–Kier alpha value is -3.42. The summed E-state index contributed by atoms with van der Waals surface area (Å²) in [6.07, 6.45) is 7.51. The highest BCUT2D eigenvalue weighted by Gasteiger charge is 2.41. The zero-order valence-corrected chi connectivity index (χ0v) is 19.4. The van der Waals surface area contributed by atoms with E-state index in [4.69, 9.17) is 4.74 Å². The van der Waals surface area contributed by atoms with Crippen LogP contribution in [0, 0.1) is 0 Å². The quantitative estimate of drug-likeness (QED) is 0.430. The molecule has 2 aromatic rings. The molecule has 1 fully saturated rings. The first-order valence-electron chi connectivity index (χ1n) is 11.7. The summed E-state index contributed by atoms with van der Waals surface area (Å²) in [4.78, 5) is 41.2. The maximum Gasteiger partial charge on any atom is 0.277 e. The van der Waals surface area contributed by atoms with Gasteiger partial charge in [0, 0.05) is 45.1 Å². The number of nitrogens with zero attached hydrogens (tertiary/aromatic N) is 5. The Morgan fingerprint density at radius 3 is 2.18 bits per heavy atom. The first-order valence-corrected chi connectivity index (χ1v) is 11.7. The molecular formula is C25H31N5O3. The average molecular weight is 450 g/mol. The molecule has 33 heavy (non-hydrogen) atoms. The number of anilines is 1. The molecule has 3 heterocycles. The molecule has 0 bridgehead atoms. The third-order valence-electron chi connectivity index (χ3n) is 6.19. The lowest BCUT2D eigenvalue weighted by Crippen LogP contribution is -2.48. The lowest BCUT2D eigenvalue weighted by atomic mass is 10.0. The summed E-state index contributed by atoms with van der Waals surface area (Å²) >= 11 is 0. The van der Waals surface area contributed by atoms with Crippen molar-refractivity contribution in [1.29, 1.82) is 0 Å². The number of aromatic nitrogens is 2. The Labute approximate surface area is 194 Å². The molecule has 2 aliphatic heterocycles. The van der Waals surface area contributed by atoms with E-state index in [0.717, 1.165) is 31.2 Å². The maximum absolute atomic E-state index is 13.5. The number of hydrogen-bond acceptors (Lipinski definition) is 7. The molecular weight excluding hydrogens is 418 g/mol. The predicted octanol–water partition coefficient (Wildman–Crippen LogP) is 2.97. The van der Waals surface area contributed by atoms with Crippen molar-refractivity contribution in [2.45, 2.75) is 32.6 Å². The van der Waals surface area contributed by atoms with E-state index in [1.165, 1.54) is 4.90 Å². The zero-order valence-electron chi connectivity index (χ0n) is 19.4. The van der Waals surface area contributed by atoms with Crippen molar-refractivity contribution in [2.24, 2.45) is 0 Å². The molecule has 0 spiro atoms. The first-order chi connectivity index (χ1) is 16.1. The minimum atomic E-state index is -0.203. The van der Waals surface area contributed by atoms with Gasteiger partial charge in [0.25, 0.3) is 11.8 Å². The van der Waals surface area contributed by atoms with Gasteiger partial charge >= 0.3 is 0 Å². The average Bonchev–Trinajstić information content (AvgIpc) is 3.12. The molecule has 4 rings (SSSR count). The SMILES string of the molecule is CCCCCCN1C(=O)C(c2ccc(OC)cc2)=C(N2CCN(c3ncccn3)CC2)C1=O. The monoisotopic (exact) mass is 449 g/mol. The van der Waals surface area contributed by atoms with Gasteiger partial charge in [-0.3, -0.25) is 14.5 Å². The van der Waals surface area contributed by atoms with Gasteiger partial charge in [-0.2, -0.15) is 0 Å². The van der Waals surface area contributed by atoms with Gasteiger partial charge < -0.3 is 14.5 Å². The fourth-order valence-electron chi connectivity index (χ4n) is 4.36. The van der Waals surface area contributed by atoms with E-state index < -0.39 is 0 Å². The maximum atomic E-state index is 13.5. The van der Waals surface area contributed by atoms with Crippen molar-refractivity contribution < 1.29 is 14.3 Å². The first kappa shape index (κ1) is 22.8. The molecule has 2 aliphatic rings. The van der Waals surface area contributed by atoms with Gasteiger partial charge in [-0.15, -0.1) is 0 Å². The molecule has 0 radical (unpaired) electrons. The van der Waals surface area contributed by atoms with Gasteiger partial charge in [0.15, 0.2) is 0 Å². The van der Waals surface area contributed by atoms with Crippen LogP contribution in [0.1, 0.15) is 38.2 Å². The third-order valence-corrected chi connectivity index (χ3v) is 6.19. The number of hydrogen-bond donors (Lipinski definition) is 0. The molecule has 2 amide bonds. The Morgan fingerprint density at radius 2 is 1.55 bits per heavy atom. The summed E-state index contributed by atoms with van der Waals surface area (Å²) < 4.78 is 5.27. The van der Waals surface area contributed by atoms with Gasteiger partial charge in [0.1, 0.15) is 11.4 Å². The molecule has 1 aromatic heterocycles.